The third-order valence-electron chi connectivity index (χ3n) is 3.39. The highest BCUT2D eigenvalue weighted by molar-refractivity contribution is 7.16. The summed E-state index contributed by atoms with van der Waals surface area (Å²) >= 11 is 7.60. The number of carboxylic acid groups (broad SMARTS) is 1. The number of thiophene rings is 1. The molecule has 1 atom stereocenters. The second-order valence-corrected chi connectivity index (χ2v) is 6.66. The summed E-state index contributed by atoms with van der Waals surface area (Å²) < 4.78 is 0.746. The highest BCUT2D eigenvalue weighted by atomic mass is 35.5. The summed E-state index contributed by atoms with van der Waals surface area (Å²) in [6, 6.07) is 1.65. The lowest BCUT2D eigenvalue weighted by Gasteiger charge is -2.26. The van der Waals surface area contributed by atoms with E-state index < -0.39 is 5.97 Å². The molecule has 1 aromatic heterocycles. The molecule has 110 valence electrons. The van der Waals surface area contributed by atoms with Crippen LogP contribution < -0.4 is 5.32 Å². The van der Waals surface area contributed by atoms with Crippen molar-refractivity contribution < 1.29 is 14.7 Å². The van der Waals surface area contributed by atoms with E-state index in [9.17, 15) is 9.59 Å². The lowest BCUT2D eigenvalue weighted by molar-refractivity contribution is -0.137. The van der Waals surface area contributed by atoms with Gasteiger partial charge in [-0.2, -0.15) is 0 Å². The van der Waals surface area contributed by atoms with Crippen LogP contribution in [-0.4, -0.2) is 35.6 Å². The van der Waals surface area contributed by atoms with Crippen molar-refractivity contribution in [3.8, 4) is 0 Å². The molecule has 0 bridgehead atoms. The van der Waals surface area contributed by atoms with Gasteiger partial charge in [0.1, 0.15) is 0 Å². The number of halogens is 1. The van der Waals surface area contributed by atoms with E-state index in [1.54, 1.807) is 18.4 Å². The highest BCUT2D eigenvalue weighted by Gasteiger charge is 2.25. The number of hydrogen-bond donors (Lipinski definition) is 2. The molecule has 7 heteroatoms. The zero-order valence-electron chi connectivity index (χ0n) is 11.2. The summed E-state index contributed by atoms with van der Waals surface area (Å²) in [4.78, 5) is 25.2. The fourth-order valence-electron chi connectivity index (χ4n) is 2.30. The average Bonchev–Trinajstić information content (AvgIpc) is 2.77. The third-order valence-corrected chi connectivity index (χ3v) is 4.73. The Labute approximate surface area is 126 Å². The number of aryl methyl sites for hydroxylation is 1. The third kappa shape index (κ3) is 3.64. The molecule has 2 amide bonds. The first-order chi connectivity index (χ1) is 9.47. The van der Waals surface area contributed by atoms with Crippen LogP contribution in [0.5, 0.6) is 0 Å². The van der Waals surface area contributed by atoms with Crippen molar-refractivity contribution in [2.45, 2.75) is 31.7 Å². The summed E-state index contributed by atoms with van der Waals surface area (Å²) in [7, 11) is 1.60. The number of rotatable bonds is 4. The van der Waals surface area contributed by atoms with E-state index in [-0.39, 0.29) is 25.0 Å². The fraction of sp³-hybridized carbons (Fsp3) is 0.538. The molecule has 5 nitrogen and oxygen atoms in total. The molecule has 0 saturated carbocycles. The van der Waals surface area contributed by atoms with Crippen LogP contribution in [0.4, 0.5) is 4.79 Å². The van der Waals surface area contributed by atoms with Crippen molar-refractivity contribution in [2.75, 3.05) is 13.6 Å². The Morgan fingerprint density at radius 3 is 3.05 bits per heavy atom. The number of amides is 2. The van der Waals surface area contributed by atoms with Gasteiger partial charge in [0.2, 0.25) is 0 Å². The van der Waals surface area contributed by atoms with E-state index in [0.717, 1.165) is 29.2 Å². The smallest absolute Gasteiger partial charge is 0.317 e. The van der Waals surface area contributed by atoms with Crippen molar-refractivity contribution in [3.05, 3.63) is 20.8 Å². The monoisotopic (exact) mass is 316 g/mol. The van der Waals surface area contributed by atoms with Gasteiger partial charge in [0, 0.05) is 18.5 Å². The summed E-state index contributed by atoms with van der Waals surface area (Å²) in [5.74, 6) is -0.908. The number of carbonyl (C=O) groups excluding carboxylic acids is 1. The fourth-order valence-corrected chi connectivity index (χ4v) is 3.68. The molecule has 0 aromatic carbocycles. The Hall–Kier alpha value is -1.27. The van der Waals surface area contributed by atoms with Crippen LogP contribution in [0.25, 0.3) is 0 Å². The average molecular weight is 317 g/mol. The molecule has 1 aliphatic rings. The van der Waals surface area contributed by atoms with E-state index in [0.29, 0.717) is 0 Å². The number of fused-ring (bicyclic) bond motifs is 1. The Morgan fingerprint density at radius 1 is 1.60 bits per heavy atom. The topological polar surface area (TPSA) is 69.6 Å². The molecule has 2 rings (SSSR count). The van der Waals surface area contributed by atoms with E-state index >= 15 is 0 Å². The van der Waals surface area contributed by atoms with Gasteiger partial charge in [0.15, 0.2) is 0 Å². The van der Waals surface area contributed by atoms with E-state index in [2.05, 4.69) is 5.32 Å². The summed E-state index contributed by atoms with van der Waals surface area (Å²) in [6.45, 7) is 0.200. The zero-order valence-corrected chi connectivity index (χ0v) is 12.8. The minimum absolute atomic E-state index is 0.0257. The first-order valence-electron chi connectivity index (χ1n) is 6.49. The number of carbonyl (C=O) groups is 2. The molecular weight excluding hydrogens is 300 g/mol. The molecule has 1 aliphatic carbocycles. The Morgan fingerprint density at radius 2 is 2.35 bits per heavy atom. The summed E-state index contributed by atoms with van der Waals surface area (Å²) in [5.41, 5.74) is 1.10. The number of aliphatic carboxylic acids is 1. The van der Waals surface area contributed by atoms with Gasteiger partial charge in [0.05, 0.1) is 16.8 Å². The van der Waals surface area contributed by atoms with Crippen LogP contribution in [0.1, 0.15) is 35.7 Å². The first-order valence-corrected chi connectivity index (χ1v) is 7.68. The maximum absolute atomic E-state index is 12.0. The number of nitrogens with zero attached hydrogens (tertiary/aromatic N) is 1. The zero-order chi connectivity index (χ0) is 14.7. The standard InChI is InChI=1S/C13H17ClN2O3S/c1-16(6-5-12(17)18)13(19)15-9-3-2-4-10-8(9)7-11(14)20-10/h7,9H,2-6H2,1H3,(H,15,19)(H,17,18). The quantitative estimate of drug-likeness (QED) is 0.897. The van der Waals surface area contributed by atoms with Gasteiger partial charge < -0.3 is 15.3 Å². The predicted molar refractivity (Wildman–Crippen MR) is 78.4 cm³/mol. The largest absolute Gasteiger partial charge is 0.481 e. The molecule has 0 saturated heterocycles. The predicted octanol–water partition coefficient (Wildman–Crippen LogP) is 2.90. The molecule has 0 spiro atoms. The normalized spacial score (nSPS) is 17.4. The van der Waals surface area contributed by atoms with Crippen molar-refractivity contribution in [1.29, 1.82) is 0 Å². The van der Waals surface area contributed by atoms with Crippen LogP contribution in [0.15, 0.2) is 6.07 Å². The van der Waals surface area contributed by atoms with Gasteiger partial charge >= 0.3 is 12.0 Å². The Bertz CT molecular complexity index is 518. The molecule has 0 fully saturated rings. The summed E-state index contributed by atoms with van der Waals surface area (Å²) in [5, 5.41) is 11.6. The van der Waals surface area contributed by atoms with Crippen molar-refractivity contribution in [1.82, 2.24) is 10.2 Å². The SMILES string of the molecule is CN(CCC(=O)O)C(=O)NC1CCCc2sc(Cl)cc21. The minimum atomic E-state index is -0.908. The van der Waals surface area contributed by atoms with Crippen molar-refractivity contribution >= 4 is 34.9 Å². The van der Waals surface area contributed by atoms with Crippen LogP contribution in [0, 0.1) is 0 Å². The summed E-state index contributed by atoms with van der Waals surface area (Å²) in [6.07, 6.45) is 2.87. The number of carboxylic acids is 1. The molecule has 20 heavy (non-hydrogen) atoms. The van der Waals surface area contributed by atoms with Gasteiger partial charge in [-0.3, -0.25) is 4.79 Å². The number of urea groups is 1. The van der Waals surface area contributed by atoms with Gasteiger partial charge in [-0.25, -0.2) is 4.79 Å². The second-order valence-electron chi connectivity index (χ2n) is 4.89. The van der Waals surface area contributed by atoms with Gasteiger partial charge in [-0.15, -0.1) is 11.3 Å². The van der Waals surface area contributed by atoms with Crippen LogP contribution >= 0.6 is 22.9 Å². The molecular formula is C13H17ClN2O3S. The Kier molecular flexibility index (Phi) is 4.88. The maximum atomic E-state index is 12.0. The van der Waals surface area contributed by atoms with Gasteiger partial charge in [0.25, 0.3) is 0 Å². The highest BCUT2D eigenvalue weighted by Crippen LogP contribution is 2.37. The molecule has 1 aromatic rings. The van der Waals surface area contributed by atoms with Crippen LogP contribution in [-0.2, 0) is 11.2 Å². The van der Waals surface area contributed by atoms with E-state index in [1.807, 2.05) is 6.07 Å². The molecule has 1 unspecified atom stereocenters. The van der Waals surface area contributed by atoms with Gasteiger partial charge in [-0.1, -0.05) is 11.6 Å². The molecule has 0 aliphatic heterocycles. The molecule has 2 N–H and O–H groups in total. The second kappa shape index (κ2) is 6.45. The first kappa shape index (κ1) is 15.1. The van der Waals surface area contributed by atoms with E-state index in [1.165, 1.54) is 9.78 Å². The minimum Gasteiger partial charge on any atom is -0.481 e. The Balaban J connectivity index is 1.96. The lowest BCUT2D eigenvalue weighted by atomic mass is 9.94. The van der Waals surface area contributed by atoms with Crippen LogP contribution in [0.3, 0.4) is 0 Å². The van der Waals surface area contributed by atoms with E-state index in [4.69, 9.17) is 16.7 Å². The lowest BCUT2D eigenvalue weighted by Crippen LogP contribution is -2.40. The molecule has 1 heterocycles. The van der Waals surface area contributed by atoms with Gasteiger partial charge in [-0.05, 0) is 30.9 Å². The number of nitrogens with one attached hydrogen (secondary N) is 1. The van der Waals surface area contributed by atoms with Crippen molar-refractivity contribution in [3.63, 3.8) is 0 Å². The van der Waals surface area contributed by atoms with Crippen molar-refractivity contribution in [2.24, 2.45) is 0 Å². The van der Waals surface area contributed by atoms with Crippen LogP contribution in [0.2, 0.25) is 4.34 Å². The maximum Gasteiger partial charge on any atom is 0.317 e. The number of hydrogen-bond acceptors (Lipinski definition) is 3. The molecule has 0 radical (unpaired) electrons.